The standard InChI is InChI=1S/C12H17FN2O.ClH/c1-8-4-5-9(6-10(8)13)11(16)15-12(2,3)7-14;/h4-6H,7,14H2,1-3H3,(H,15,16);1H. The molecule has 1 aromatic carbocycles. The van der Waals surface area contributed by atoms with Gasteiger partial charge in [0.15, 0.2) is 0 Å². The monoisotopic (exact) mass is 260 g/mol. The summed E-state index contributed by atoms with van der Waals surface area (Å²) in [6.45, 7) is 5.61. The van der Waals surface area contributed by atoms with Crippen LogP contribution in [0.5, 0.6) is 0 Å². The molecular weight excluding hydrogens is 243 g/mol. The molecule has 0 aliphatic rings. The van der Waals surface area contributed by atoms with E-state index in [1.54, 1.807) is 19.1 Å². The van der Waals surface area contributed by atoms with Crippen LogP contribution in [-0.2, 0) is 0 Å². The van der Waals surface area contributed by atoms with Crippen LogP contribution in [0.2, 0.25) is 0 Å². The molecule has 0 aliphatic heterocycles. The normalized spacial score (nSPS) is 10.6. The van der Waals surface area contributed by atoms with E-state index in [2.05, 4.69) is 5.32 Å². The number of aryl methyl sites for hydroxylation is 1. The summed E-state index contributed by atoms with van der Waals surface area (Å²) in [5.74, 6) is -0.687. The van der Waals surface area contributed by atoms with E-state index < -0.39 is 5.54 Å². The SMILES string of the molecule is Cc1ccc(C(=O)NC(C)(C)CN)cc1F.Cl. The topological polar surface area (TPSA) is 55.1 Å². The highest BCUT2D eigenvalue weighted by molar-refractivity contribution is 5.94. The molecule has 1 amide bonds. The molecule has 0 unspecified atom stereocenters. The minimum atomic E-state index is -0.488. The molecule has 1 rings (SSSR count). The molecule has 17 heavy (non-hydrogen) atoms. The summed E-state index contributed by atoms with van der Waals surface area (Å²) < 4.78 is 13.2. The van der Waals surface area contributed by atoms with Crippen LogP contribution in [0.25, 0.3) is 0 Å². The van der Waals surface area contributed by atoms with Gasteiger partial charge in [-0.15, -0.1) is 12.4 Å². The van der Waals surface area contributed by atoms with Gasteiger partial charge in [0, 0.05) is 17.6 Å². The smallest absolute Gasteiger partial charge is 0.251 e. The molecule has 0 aliphatic carbocycles. The van der Waals surface area contributed by atoms with E-state index in [9.17, 15) is 9.18 Å². The number of halogens is 2. The Morgan fingerprint density at radius 2 is 2.06 bits per heavy atom. The van der Waals surface area contributed by atoms with E-state index in [-0.39, 0.29) is 24.1 Å². The molecule has 3 nitrogen and oxygen atoms in total. The quantitative estimate of drug-likeness (QED) is 0.874. The third kappa shape index (κ3) is 4.32. The van der Waals surface area contributed by atoms with Gasteiger partial charge in [-0.2, -0.15) is 0 Å². The number of hydrogen-bond acceptors (Lipinski definition) is 2. The summed E-state index contributed by atoms with van der Waals surface area (Å²) in [4.78, 5) is 11.7. The van der Waals surface area contributed by atoms with Gasteiger partial charge in [-0.25, -0.2) is 4.39 Å². The predicted octanol–water partition coefficient (Wildman–Crippen LogP) is 2.02. The lowest BCUT2D eigenvalue weighted by Crippen LogP contribution is -2.48. The molecular formula is C12H18ClFN2O. The van der Waals surface area contributed by atoms with Crippen molar-refractivity contribution in [1.82, 2.24) is 5.32 Å². The van der Waals surface area contributed by atoms with Gasteiger partial charge in [0.25, 0.3) is 5.91 Å². The number of carbonyl (C=O) groups excluding carboxylic acids is 1. The first-order valence-corrected chi connectivity index (χ1v) is 5.14. The Bertz CT molecular complexity index is 407. The van der Waals surface area contributed by atoms with Crippen molar-refractivity contribution in [3.8, 4) is 0 Å². The first-order valence-electron chi connectivity index (χ1n) is 5.14. The van der Waals surface area contributed by atoms with Gasteiger partial charge in [-0.05, 0) is 38.5 Å². The average molecular weight is 261 g/mol. The van der Waals surface area contributed by atoms with E-state index in [0.717, 1.165) is 0 Å². The third-order valence-electron chi connectivity index (χ3n) is 2.40. The largest absolute Gasteiger partial charge is 0.346 e. The lowest BCUT2D eigenvalue weighted by Gasteiger charge is -2.24. The summed E-state index contributed by atoms with van der Waals surface area (Å²) in [5.41, 5.74) is 5.84. The molecule has 1 aromatic rings. The van der Waals surface area contributed by atoms with Gasteiger partial charge < -0.3 is 11.1 Å². The van der Waals surface area contributed by atoms with Crippen LogP contribution in [-0.4, -0.2) is 18.0 Å². The Labute approximate surface area is 107 Å². The number of nitrogens with one attached hydrogen (secondary N) is 1. The first-order chi connectivity index (χ1) is 7.35. The summed E-state index contributed by atoms with van der Waals surface area (Å²) in [6.07, 6.45) is 0. The van der Waals surface area contributed by atoms with Crippen molar-refractivity contribution in [1.29, 1.82) is 0 Å². The Hall–Kier alpha value is -1.13. The maximum Gasteiger partial charge on any atom is 0.251 e. The number of rotatable bonds is 3. The second kappa shape index (κ2) is 5.98. The Morgan fingerprint density at radius 1 is 1.47 bits per heavy atom. The second-order valence-electron chi connectivity index (χ2n) is 4.51. The maximum atomic E-state index is 13.2. The highest BCUT2D eigenvalue weighted by Crippen LogP contribution is 2.10. The molecule has 0 saturated heterocycles. The molecule has 3 N–H and O–H groups in total. The number of benzene rings is 1. The molecule has 0 fully saturated rings. The molecule has 0 aromatic heterocycles. The van der Waals surface area contributed by atoms with Crippen LogP contribution in [0.15, 0.2) is 18.2 Å². The number of amides is 1. The second-order valence-corrected chi connectivity index (χ2v) is 4.51. The van der Waals surface area contributed by atoms with Crippen molar-refractivity contribution >= 4 is 18.3 Å². The summed E-state index contributed by atoms with van der Waals surface area (Å²) in [6, 6.07) is 4.41. The third-order valence-corrected chi connectivity index (χ3v) is 2.40. The van der Waals surface area contributed by atoms with Gasteiger partial charge in [-0.3, -0.25) is 4.79 Å². The first kappa shape index (κ1) is 15.9. The highest BCUT2D eigenvalue weighted by Gasteiger charge is 2.19. The van der Waals surface area contributed by atoms with Gasteiger partial charge in [-0.1, -0.05) is 6.07 Å². The van der Waals surface area contributed by atoms with Gasteiger partial charge in [0.1, 0.15) is 5.82 Å². The molecule has 0 radical (unpaired) electrons. The van der Waals surface area contributed by atoms with Crippen molar-refractivity contribution in [3.63, 3.8) is 0 Å². The van der Waals surface area contributed by atoms with Crippen LogP contribution >= 0.6 is 12.4 Å². The summed E-state index contributed by atoms with van der Waals surface area (Å²) in [5, 5.41) is 2.74. The number of carbonyl (C=O) groups is 1. The van der Waals surface area contributed by atoms with Gasteiger partial charge in [0.05, 0.1) is 0 Å². The minimum Gasteiger partial charge on any atom is -0.346 e. The van der Waals surface area contributed by atoms with E-state index in [1.165, 1.54) is 6.07 Å². The number of hydrogen-bond donors (Lipinski definition) is 2. The van der Waals surface area contributed by atoms with E-state index in [0.29, 0.717) is 17.7 Å². The van der Waals surface area contributed by atoms with E-state index in [1.807, 2.05) is 13.8 Å². The molecule has 0 atom stereocenters. The van der Waals surface area contributed by atoms with Crippen LogP contribution in [0.4, 0.5) is 4.39 Å². The van der Waals surface area contributed by atoms with Crippen molar-refractivity contribution in [2.24, 2.45) is 5.73 Å². The van der Waals surface area contributed by atoms with Crippen LogP contribution in [0, 0.1) is 12.7 Å². The Kier molecular flexibility index (Phi) is 5.58. The molecule has 0 heterocycles. The molecule has 0 bridgehead atoms. The van der Waals surface area contributed by atoms with Crippen LogP contribution in [0.1, 0.15) is 29.8 Å². The fraction of sp³-hybridized carbons (Fsp3) is 0.417. The summed E-state index contributed by atoms with van der Waals surface area (Å²) in [7, 11) is 0. The van der Waals surface area contributed by atoms with Crippen molar-refractivity contribution in [2.75, 3.05) is 6.54 Å². The van der Waals surface area contributed by atoms with Crippen LogP contribution in [0.3, 0.4) is 0 Å². The number of nitrogens with two attached hydrogens (primary N) is 1. The fourth-order valence-corrected chi connectivity index (χ4v) is 1.16. The zero-order chi connectivity index (χ0) is 12.3. The van der Waals surface area contributed by atoms with Crippen molar-refractivity contribution < 1.29 is 9.18 Å². The van der Waals surface area contributed by atoms with E-state index >= 15 is 0 Å². The van der Waals surface area contributed by atoms with Gasteiger partial charge >= 0.3 is 0 Å². The molecule has 96 valence electrons. The maximum absolute atomic E-state index is 13.2. The lowest BCUT2D eigenvalue weighted by molar-refractivity contribution is 0.0915. The van der Waals surface area contributed by atoms with E-state index in [4.69, 9.17) is 5.73 Å². The minimum absolute atomic E-state index is 0. The van der Waals surface area contributed by atoms with Crippen LogP contribution < -0.4 is 11.1 Å². The Balaban J connectivity index is 0.00000256. The van der Waals surface area contributed by atoms with Crippen molar-refractivity contribution in [3.05, 3.63) is 35.1 Å². The highest BCUT2D eigenvalue weighted by atomic mass is 35.5. The molecule has 5 heteroatoms. The fourth-order valence-electron chi connectivity index (χ4n) is 1.16. The molecule has 0 spiro atoms. The molecule has 0 saturated carbocycles. The Morgan fingerprint density at radius 3 is 2.53 bits per heavy atom. The predicted molar refractivity (Wildman–Crippen MR) is 69.0 cm³/mol. The lowest BCUT2D eigenvalue weighted by atomic mass is 10.0. The zero-order valence-electron chi connectivity index (χ0n) is 10.2. The average Bonchev–Trinajstić information content (AvgIpc) is 2.21. The van der Waals surface area contributed by atoms with Gasteiger partial charge in [0.2, 0.25) is 0 Å². The van der Waals surface area contributed by atoms with Crippen molar-refractivity contribution in [2.45, 2.75) is 26.3 Å². The summed E-state index contributed by atoms with van der Waals surface area (Å²) >= 11 is 0. The zero-order valence-corrected chi connectivity index (χ0v) is 11.0.